The number of carbonyl (C=O) groups is 1. The Bertz CT molecular complexity index is 839. The number of hydrogen-bond acceptors (Lipinski definition) is 5. The molecule has 1 fully saturated rings. The first-order valence-electron chi connectivity index (χ1n) is 11.2. The number of aromatic nitrogens is 2. The molecule has 0 saturated carbocycles. The molecule has 30 heavy (non-hydrogen) atoms. The molecule has 160 valence electrons. The second-order valence-electron chi connectivity index (χ2n) is 8.38. The number of piperidine rings is 1. The standard InChI is InChI=1S/C24H32N4O2/c1-19-25-17-21(18-26-19)24(29)28-12-5-15-30-23-8-4-6-20(16-23)9-10-22-7-2-3-11-27(22)13-14-28/h4,6,8,16-18,22H,2-3,5,7,9-15H2,1H3. The predicted molar refractivity (Wildman–Crippen MR) is 117 cm³/mol. The molecule has 0 spiro atoms. The van der Waals surface area contributed by atoms with Crippen LogP contribution in [-0.4, -0.2) is 64.5 Å². The molecule has 0 radical (unpaired) electrons. The highest BCUT2D eigenvalue weighted by atomic mass is 16.5. The van der Waals surface area contributed by atoms with E-state index in [4.69, 9.17) is 4.74 Å². The summed E-state index contributed by atoms with van der Waals surface area (Å²) in [6.07, 6.45) is 10.1. The van der Waals surface area contributed by atoms with Crippen molar-refractivity contribution < 1.29 is 9.53 Å². The molecule has 1 amide bonds. The number of fused-ring (bicyclic) bond motifs is 3. The molecular weight excluding hydrogens is 376 g/mol. The highest BCUT2D eigenvalue weighted by molar-refractivity contribution is 5.93. The summed E-state index contributed by atoms with van der Waals surface area (Å²) in [7, 11) is 0. The van der Waals surface area contributed by atoms with E-state index in [1.807, 2.05) is 17.9 Å². The van der Waals surface area contributed by atoms with E-state index in [-0.39, 0.29) is 5.91 Å². The number of aryl methyl sites for hydroxylation is 2. The highest BCUT2D eigenvalue weighted by Crippen LogP contribution is 2.23. The van der Waals surface area contributed by atoms with Crippen LogP contribution in [-0.2, 0) is 6.42 Å². The van der Waals surface area contributed by atoms with Crippen LogP contribution in [0, 0.1) is 6.92 Å². The van der Waals surface area contributed by atoms with E-state index in [0.717, 1.165) is 44.6 Å². The fraction of sp³-hybridized carbons (Fsp3) is 0.542. The Labute approximate surface area is 179 Å². The Morgan fingerprint density at radius 2 is 1.90 bits per heavy atom. The summed E-state index contributed by atoms with van der Waals surface area (Å²) in [5, 5.41) is 0. The molecule has 1 saturated heterocycles. The van der Waals surface area contributed by atoms with Crippen molar-refractivity contribution in [3.63, 3.8) is 0 Å². The van der Waals surface area contributed by atoms with Gasteiger partial charge in [-0.2, -0.15) is 0 Å². The molecule has 2 aliphatic heterocycles. The van der Waals surface area contributed by atoms with Gasteiger partial charge in [0.05, 0.1) is 12.2 Å². The van der Waals surface area contributed by atoms with E-state index < -0.39 is 0 Å². The molecule has 2 bridgehead atoms. The summed E-state index contributed by atoms with van der Waals surface area (Å²) in [6.45, 7) is 5.88. The van der Waals surface area contributed by atoms with Crippen LogP contribution in [0.15, 0.2) is 36.7 Å². The smallest absolute Gasteiger partial charge is 0.257 e. The summed E-state index contributed by atoms with van der Waals surface area (Å²) in [5.74, 6) is 1.62. The van der Waals surface area contributed by atoms with Gasteiger partial charge in [0.1, 0.15) is 11.6 Å². The van der Waals surface area contributed by atoms with Gasteiger partial charge in [0.15, 0.2) is 0 Å². The minimum atomic E-state index is 0.0117. The fourth-order valence-electron chi connectivity index (χ4n) is 4.50. The first kappa shape index (κ1) is 20.8. The largest absolute Gasteiger partial charge is 0.494 e. The Kier molecular flexibility index (Phi) is 6.95. The zero-order valence-electron chi connectivity index (χ0n) is 17.9. The number of rotatable bonds is 1. The Morgan fingerprint density at radius 3 is 2.77 bits per heavy atom. The van der Waals surface area contributed by atoms with Crippen molar-refractivity contribution in [2.75, 3.05) is 32.8 Å². The Balaban J connectivity index is 1.51. The van der Waals surface area contributed by atoms with Crippen molar-refractivity contribution in [2.24, 2.45) is 0 Å². The summed E-state index contributed by atoms with van der Waals surface area (Å²) in [5.41, 5.74) is 1.91. The van der Waals surface area contributed by atoms with Crippen LogP contribution in [0.2, 0.25) is 0 Å². The summed E-state index contributed by atoms with van der Waals surface area (Å²) in [6, 6.07) is 9.07. The molecule has 1 aromatic heterocycles. The molecular formula is C24H32N4O2. The zero-order valence-corrected chi connectivity index (χ0v) is 17.9. The topological polar surface area (TPSA) is 58.6 Å². The summed E-state index contributed by atoms with van der Waals surface area (Å²) in [4.78, 5) is 26.1. The van der Waals surface area contributed by atoms with E-state index in [9.17, 15) is 4.79 Å². The number of ether oxygens (including phenoxy) is 1. The lowest BCUT2D eigenvalue weighted by Gasteiger charge is -2.37. The van der Waals surface area contributed by atoms with E-state index in [1.165, 1.54) is 24.8 Å². The molecule has 4 rings (SSSR count). The normalized spacial score (nSPS) is 21.2. The van der Waals surface area contributed by atoms with Crippen molar-refractivity contribution >= 4 is 5.91 Å². The molecule has 6 nitrogen and oxygen atoms in total. The SMILES string of the molecule is Cc1ncc(C(=O)N2CCCOc3cccc(c3)CCC3CCCCN3CC2)cn1. The number of hydrogen-bond donors (Lipinski definition) is 0. The van der Waals surface area contributed by atoms with Crippen molar-refractivity contribution in [1.82, 2.24) is 19.8 Å². The van der Waals surface area contributed by atoms with Crippen LogP contribution in [0.1, 0.15) is 53.8 Å². The molecule has 0 N–H and O–H groups in total. The van der Waals surface area contributed by atoms with Crippen LogP contribution in [0.4, 0.5) is 0 Å². The Hall–Kier alpha value is -2.47. The molecule has 1 aromatic carbocycles. The van der Waals surface area contributed by atoms with Gasteiger partial charge >= 0.3 is 0 Å². The third-order valence-corrected chi connectivity index (χ3v) is 6.23. The maximum Gasteiger partial charge on any atom is 0.257 e. The van der Waals surface area contributed by atoms with E-state index in [2.05, 4.69) is 33.1 Å². The maximum atomic E-state index is 13.1. The highest BCUT2D eigenvalue weighted by Gasteiger charge is 2.24. The minimum absolute atomic E-state index is 0.0117. The number of nitrogens with zero attached hydrogens (tertiary/aromatic N) is 4. The minimum Gasteiger partial charge on any atom is -0.494 e. The van der Waals surface area contributed by atoms with Crippen molar-refractivity contribution in [3.05, 3.63) is 53.6 Å². The van der Waals surface area contributed by atoms with Gasteiger partial charge in [-0.05, 0) is 63.3 Å². The van der Waals surface area contributed by atoms with Crippen molar-refractivity contribution in [1.29, 1.82) is 0 Å². The van der Waals surface area contributed by atoms with Crippen LogP contribution in [0.3, 0.4) is 0 Å². The van der Waals surface area contributed by atoms with Gasteiger partial charge in [0, 0.05) is 38.1 Å². The lowest BCUT2D eigenvalue weighted by molar-refractivity contribution is 0.0682. The van der Waals surface area contributed by atoms with E-state index >= 15 is 0 Å². The van der Waals surface area contributed by atoms with Crippen LogP contribution in [0.5, 0.6) is 5.75 Å². The van der Waals surface area contributed by atoms with E-state index in [0.29, 0.717) is 30.6 Å². The summed E-state index contributed by atoms with van der Waals surface area (Å²) >= 11 is 0. The second kappa shape index (κ2) is 10.0. The molecule has 6 heteroatoms. The quantitative estimate of drug-likeness (QED) is 0.723. The monoisotopic (exact) mass is 408 g/mol. The molecule has 3 heterocycles. The molecule has 2 aromatic rings. The number of benzene rings is 1. The van der Waals surface area contributed by atoms with Crippen molar-refractivity contribution in [2.45, 2.75) is 51.5 Å². The van der Waals surface area contributed by atoms with E-state index in [1.54, 1.807) is 12.4 Å². The van der Waals surface area contributed by atoms with Crippen molar-refractivity contribution in [3.8, 4) is 5.75 Å². The Morgan fingerprint density at radius 1 is 1.03 bits per heavy atom. The fourth-order valence-corrected chi connectivity index (χ4v) is 4.50. The molecule has 2 aliphatic rings. The van der Waals surface area contributed by atoms with Gasteiger partial charge in [-0.15, -0.1) is 0 Å². The summed E-state index contributed by atoms with van der Waals surface area (Å²) < 4.78 is 5.97. The van der Waals surface area contributed by atoms with Gasteiger partial charge in [0.2, 0.25) is 0 Å². The van der Waals surface area contributed by atoms with Gasteiger partial charge in [-0.3, -0.25) is 9.69 Å². The number of carbonyl (C=O) groups excluding carboxylic acids is 1. The molecule has 0 aliphatic carbocycles. The second-order valence-corrected chi connectivity index (χ2v) is 8.38. The van der Waals surface area contributed by atoms with Gasteiger partial charge in [0.25, 0.3) is 5.91 Å². The van der Waals surface area contributed by atoms with Gasteiger partial charge < -0.3 is 9.64 Å². The third kappa shape index (κ3) is 5.36. The first-order valence-corrected chi connectivity index (χ1v) is 11.2. The third-order valence-electron chi connectivity index (χ3n) is 6.23. The van der Waals surface area contributed by atoms with Crippen LogP contribution >= 0.6 is 0 Å². The number of amides is 1. The molecule has 1 unspecified atom stereocenters. The lowest BCUT2D eigenvalue weighted by atomic mass is 9.95. The molecule has 1 atom stereocenters. The average molecular weight is 409 g/mol. The average Bonchev–Trinajstić information content (AvgIpc) is 2.78. The maximum absolute atomic E-state index is 13.1. The zero-order chi connectivity index (χ0) is 20.8. The van der Waals surface area contributed by atoms with Gasteiger partial charge in [-0.1, -0.05) is 18.6 Å². The lowest BCUT2D eigenvalue weighted by Crippen LogP contribution is -2.45. The van der Waals surface area contributed by atoms with Crippen LogP contribution < -0.4 is 4.74 Å². The predicted octanol–water partition coefficient (Wildman–Crippen LogP) is 3.50. The first-order chi connectivity index (χ1) is 14.7. The van der Waals surface area contributed by atoms with Crippen LogP contribution in [0.25, 0.3) is 0 Å². The van der Waals surface area contributed by atoms with Gasteiger partial charge in [-0.25, -0.2) is 9.97 Å².